The Bertz CT molecular complexity index is 1500. The summed E-state index contributed by atoms with van der Waals surface area (Å²) in [7, 11) is 0. The SMILES string of the molecule is O=C(CCC(F)(F)F)NC(c1ccn2cc(C(NC(=O)c3conc3CCC(F)(F)F)C3CCC(F)(F)CC3)nc2n1)C1CC1. The molecule has 2 saturated carbocycles. The summed E-state index contributed by atoms with van der Waals surface area (Å²) in [5.41, 5.74) is 0.208. The van der Waals surface area contributed by atoms with Crippen LogP contribution in [0, 0.1) is 11.8 Å². The molecule has 246 valence electrons. The molecule has 2 amide bonds. The highest BCUT2D eigenvalue weighted by Gasteiger charge is 2.40. The minimum atomic E-state index is -4.49. The number of fused-ring (bicyclic) bond motifs is 1. The number of imidazole rings is 1. The molecule has 2 unspecified atom stereocenters. The van der Waals surface area contributed by atoms with Crippen molar-refractivity contribution in [1.29, 1.82) is 0 Å². The summed E-state index contributed by atoms with van der Waals surface area (Å²) in [6.45, 7) is 0. The van der Waals surface area contributed by atoms with E-state index in [1.807, 2.05) is 0 Å². The van der Waals surface area contributed by atoms with Gasteiger partial charge >= 0.3 is 12.4 Å². The zero-order valence-corrected chi connectivity index (χ0v) is 23.7. The molecule has 2 fully saturated rings. The molecule has 0 bridgehead atoms. The molecule has 5 rings (SSSR count). The van der Waals surface area contributed by atoms with Gasteiger partial charge in [-0.25, -0.2) is 18.7 Å². The molecule has 0 aliphatic heterocycles. The van der Waals surface area contributed by atoms with E-state index in [0.717, 1.165) is 19.1 Å². The summed E-state index contributed by atoms with van der Waals surface area (Å²) in [4.78, 5) is 34.6. The average Bonchev–Trinajstić information content (AvgIpc) is 3.52. The van der Waals surface area contributed by atoms with Gasteiger partial charge in [-0.3, -0.25) is 14.0 Å². The van der Waals surface area contributed by atoms with Crippen molar-refractivity contribution in [2.45, 2.75) is 94.6 Å². The van der Waals surface area contributed by atoms with E-state index in [1.165, 1.54) is 10.6 Å². The Morgan fingerprint density at radius 2 is 1.56 bits per heavy atom. The quantitative estimate of drug-likeness (QED) is 0.232. The van der Waals surface area contributed by atoms with Gasteiger partial charge in [-0.1, -0.05) is 5.16 Å². The van der Waals surface area contributed by atoms with Crippen LogP contribution in [0.3, 0.4) is 0 Å². The van der Waals surface area contributed by atoms with Crippen molar-refractivity contribution in [3.8, 4) is 0 Å². The normalized spacial score (nSPS) is 18.9. The van der Waals surface area contributed by atoms with Crippen LogP contribution >= 0.6 is 0 Å². The predicted octanol–water partition coefficient (Wildman–Crippen LogP) is 6.42. The molecule has 2 aliphatic rings. The Hall–Kier alpha value is -3.79. The fourth-order valence-electron chi connectivity index (χ4n) is 5.52. The van der Waals surface area contributed by atoms with Gasteiger partial charge in [-0.05, 0) is 43.6 Å². The lowest BCUT2D eigenvalue weighted by atomic mass is 9.81. The third-order valence-corrected chi connectivity index (χ3v) is 8.10. The first kappa shape index (κ1) is 32.6. The number of nitrogens with one attached hydrogen (secondary N) is 2. The molecule has 2 atom stereocenters. The van der Waals surface area contributed by atoms with Crippen LogP contribution in [0.25, 0.3) is 5.78 Å². The first-order chi connectivity index (χ1) is 21.1. The van der Waals surface area contributed by atoms with Gasteiger partial charge in [0, 0.05) is 44.5 Å². The molecular formula is C28H30F8N6O3. The minimum absolute atomic E-state index is 0.0183. The van der Waals surface area contributed by atoms with Crippen LogP contribution in [0.5, 0.6) is 0 Å². The Balaban J connectivity index is 1.39. The number of alkyl halides is 8. The Kier molecular flexibility index (Phi) is 9.08. The van der Waals surface area contributed by atoms with Crippen molar-refractivity contribution in [3.05, 3.63) is 47.4 Å². The van der Waals surface area contributed by atoms with Gasteiger partial charge in [0.05, 0.1) is 35.6 Å². The zero-order chi connectivity index (χ0) is 32.6. The van der Waals surface area contributed by atoms with Crippen molar-refractivity contribution < 1.29 is 49.2 Å². The van der Waals surface area contributed by atoms with E-state index >= 15 is 0 Å². The highest BCUT2D eigenvalue weighted by Crippen LogP contribution is 2.42. The molecule has 2 N–H and O–H groups in total. The molecule has 2 aliphatic carbocycles. The first-order valence-corrected chi connectivity index (χ1v) is 14.5. The second-order valence-electron chi connectivity index (χ2n) is 11.7. The number of carbonyl (C=O) groups is 2. The molecule has 17 heteroatoms. The monoisotopic (exact) mass is 650 g/mol. The van der Waals surface area contributed by atoms with Crippen LogP contribution < -0.4 is 10.6 Å². The third kappa shape index (κ3) is 8.69. The number of amides is 2. The van der Waals surface area contributed by atoms with E-state index in [2.05, 4.69) is 25.8 Å². The number of aryl methyl sites for hydroxylation is 1. The molecule has 0 aromatic carbocycles. The van der Waals surface area contributed by atoms with Crippen molar-refractivity contribution in [2.75, 3.05) is 0 Å². The minimum Gasteiger partial charge on any atom is -0.364 e. The van der Waals surface area contributed by atoms with Crippen LogP contribution in [0.1, 0.15) is 97.3 Å². The third-order valence-electron chi connectivity index (χ3n) is 8.10. The van der Waals surface area contributed by atoms with Gasteiger partial charge in [0.25, 0.3) is 5.91 Å². The maximum absolute atomic E-state index is 14.0. The van der Waals surface area contributed by atoms with Crippen LogP contribution in [0.15, 0.2) is 29.2 Å². The molecule has 0 saturated heterocycles. The van der Waals surface area contributed by atoms with E-state index in [9.17, 15) is 44.7 Å². The summed E-state index contributed by atoms with van der Waals surface area (Å²) in [5.74, 6) is -4.83. The maximum atomic E-state index is 14.0. The van der Waals surface area contributed by atoms with Crippen LogP contribution in [-0.4, -0.2) is 49.6 Å². The number of hydrogen-bond donors (Lipinski definition) is 2. The van der Waals surface area contributed by atoms with E-state index in [1.54, 1.807) is 12.3 Å². The smallest absolute Gasteiger partial charge is 0.364 e. The Morgan fingerprint density at radius 3 is 2.20 bits per heavy atom. The molecule has 0 spiro atoms. The number of aromatic nitrogens is 4. The zero-order valence-electron chi connectivity index (χ0n) is 23.7. The molecule has 3 heterocycles. The molecule has 45 heavy (non-hydrogen) atoms. The van der Waals surface area contributed by atoms with Crippen LogP contribution in [0.2, 0.25) is 0 Å². The number of hydrogen-bond acceptors (Lipinski definition) is 6. The predicted molar refractivity (Wildman–Crippen MR) is 140 cm³/mol. The molecular weight excluding hydrogens is 620 g/mol. The van der Waals surface area contributed by atoms with Gasteiger partial charge in [-0.2, -0.15) is 26.3 Å². The second-order valence-corrected chi connectivity index (χ2v) is 11.7. The lowest BCUT2D eigenvalue weighted by molar-refractivity contribution is -0.144. The van der Waals surface area contributed by atoms with Crippen molar-refractivity contribution in [3.63, 3.8) is 0 Å². The summed E-state index contributed by atoms with van der Waals surface area (Å²) in [6.07, 6.45) is -8.06. The average molecular weight is 651 g/mol. The largest absolute Gasteiger partial charge is 0.389 e. The van der Waals surface area contributed by atoms with Gasteiger partial charge in [-0.15, -0.1) is 0 Å². The molecule has 0 radical (unpaired) electrons. The highest BCUT2D eigenvalue weighted by molar-refractivity contribution is 5.95. The molecule has 9 nitrogen and oxygen atoms in total. The van der Waals surface area contributed by atoms with E-state index < -0.39 is 86.6 Å². The van der Waals surface area contributed by atoms with Gasteiger partial charge in [0.1, 0.15) is 11.8 Å². The van der Waals surface area contributed by atoms with Gasteiger partial charge in [0.15, 0.2) is 0 Å². The molecule has 3 aromatic heterocycles. The van der Waals surface area contributed by atoms with Crippen molar-refractivity contribution >= 4 is 17.6 Å². The first-order valence-electron chi connectivity index (χ1n) is 14.5. The highest BCUT2D eigenvalue weighted by atomic mass is 19.4. The summed E-state index contributed by atoms with van der Waals surface area (Å²) >= 11 is 0. The summed E-state index contributed by atoms with van der Waals surface area (Å²) < 4.78 is 110. The Morgan fingerprint density at radius 1 is 0.933 bits per heavy atom. The standard InChI is InChI=1S/C28H30F8N6O3/c29-26(30)8-3-16(4-9-26)23(40-24(44)17-14-45-41-18(17)5-10-27(31,32)33)20-13-42-12-7-19(37-25(42)38-20)22(15-1-2-15)39-21(43)6-11-28(34,35)36/h7,12-16,22-23H,1-6,8-11H2,(H,39,43)(H,40,44). The van der Waals surface area contributed by atoms with Crippen molar-refractivity contribution in [2.24, 2.45) is 11.8 Å². The molecule has 3 aromatic rings. The number of rotatable bonds is 11. The summed E-state index contributed by atoms with van der Waals surface area (Å²) in [6, 6.07) is 0.0192. The lowest BCUT2D eigenvalue weighted by Gasteiger charge is -2.33. The van der Waals surface area contributed by atoms with E-state index in [4.69, 9.17) is 4.52 Å². The fourth-order valence-corrected chi connectivity index (χ4v) is 5.52. The maximum Gasteiger partial charge on any atom is 0.389 e. The fraction of sp³-hybridized carbons (Fsp3) is 0.607. The van der Waals surface area contributed by atoms with Gasteiger partial charge < -0.3 is 15.2 Å². The van der Waals surface area contributed by atoms with Crippen molar-refractivity contribution in [1.82, 2.24) is 30.2 Å². The Labute approximate surface area is 251 Å². The number of carbonyl (C=O) groups excluding carboxylic acids is 2. The summed E-state index contributed by atoms with van der Waals surface area (Å²) in [5, 5.41) is 8.89. The number of nitrogens with zero attached hydrogens (tertiary/aromatic N) is 4. The topological polar surface area (TPSA) is 114 Å². The van der Waals surface area contributed by atoms with Gasteiger partial charge in [0.2, 0.25) is 17.6 Å². The van der Waals surface area contributed by atoms with E-state index in [-0.39, 0.29) is 41.5 Å². The van der Waals surface area contributed by atoms with E-state index in [0.29, 0.717) is 5.69 Å². The van der Waals surface area contributed by atoms with Crippen LogP contribution in [-0.2, 0) is 11.2 Å². The second kappa shape index (κ2) is 12.5. The lowest BCUT2D eigenvalue weighted by Crippen LogP contribution is -2.37. The number of halogens is 8. The van der Waals surface area contributed by atoms with Crippen LogP contribution in [0.4, 0.5) is 35.1 Å².